The largest absolute Gasteiger partial charge is 0.381 e. The van der Waals surface area contributed by atoms with E-state index in [2.05, 4.69) is 28.9 Å². The molecule has 2 rings (SSSR count). The van der Waals surface area contributed by atoms with Gasteiger partial charge in [-0.05, 0) is 25.0 Å². The fraction of sp³-hybridized carbons (Fsp3) is 0.500. The van der Waals surface area contributed by atoms with Crippen LogP contribution in [-0.2, 0) is 10.3 Å². The van der Waals surface area contributed by atoms with Gasteiger partial charge in [0.2, 0.25) is 0 Å². The molecule has 1 aromatic rings. The first kappa shape index (κ1) is 11.1. The van der Waals surface area contributed by atoms with Crippen LogP contribution in [0.15, 0.2) is 28.7 Å². The van der Waals surface area contributed by atoms with Gasteiger partial charge in [0.1, 0.15) is 0 Å². The molecule has 2 nitrogen and oxygen atoms in total. The van der Waals surface area contributed by atoms with Gasteiger partial charge in [0.15, 0.2) is 0 Å². The molecule has 2 atom stereocenters. The van der Waals surface area contributed by atoms with Crippen LogP contribution < -0.4 is 5.73 Å². The summed E-state index contributed by atoms with van der Waals surface area (Å²) in [6, 6.07) is 8.16. The molecule has 2 unspecified atom stereocenters. The molecule has 1 heterocycles. The van der Waals surface area contributed by atoms with Crippen LogP contribution in [0.5, 0.6) is 0 Å². The van der Waals surface area contributed by atoms with Crippen LogP contribution in [0.4, 0.5) is 0 Å². The normalized spacial score (nSPS) is 25.1. The summed E-state index contributed by atoms with van der Waals surface area (Å²) in [5, 5.41) is 0. The number of hydrogen-bond donors (Lipinski definition) is 1. The van der Waals surface area contributed by atoms with Crippen LogP contribution in [0.1, 0.15) is 18.9 Å². The quantitative estimate of drug-likeness (QED) is 0.896. The molecule has 1 aromatic carbocycles. The minimum Gasteiger partial charge on any atom is -0.381 e. The minimum atomic E-state index is -0.309. The lowest BCUT2D eigenvalue weighted by molar-refractivity contribution is 0.166. The molecule has 0 aliphatic carbocycles. The lowest BCUT2D eigenvalue weighted by Gasteiger charge is -2.32. The summed E-state index contributed by atoms with van der Waals surface area (Å²) in [5.41, 5.74) is 7.29. The summed E-state index contributed by atoms with van der Waals surface area (Å²) in [6.45, 7) is 3.70. The van der Waals surface area contributed by atoms with Crippen LogP contribution in [-0.4, -0.2) is 13.2 Å². The van der Waals surface area contributed by atoms with Gasteiger partial charge < -0.3 is 10.5 Å². The average Bonchev–Trinajstić information content (AvgIpc) is 2.71. The second-order valence-corrected chi connectivity index (χ2v) is 5.18. The maximum atomic E-state index is 6.43. The summed E-state index contributed by atoms with van der Waals surface area (Å²) >= 11 is 3.56. The lowest BCUT2D eigenvalue weighted by Crippen LogP contribution is -2.41. The Balaban J connectivity index is 2.31. The molecule has 1 aliphatic rings. The van der Waals surface area contributed by atoms with Crippen molar-refractivity contribution >= 4 is 15.9 Å². The van der Waals surface area contributed by atoms with Gasteiger partial charge in [-0.25, -0.2) is 0 Å². The molecule has 2 N–H and O–H groups in total. The summed E-state index contributed by atoms with van der Waals surface area (Å²) in [6.07, 6.45) is 1.05. The summed E-state index contributed by atoms with van der Waals surface area (Å²) in [5.74, 6) is 0.413. The number of ether oxygens (including phenoxy) is 1. The molecule has 0 spiro atoms. The highest BCUT2D eigenvalue weighted by Crippen LogP contribution is 2.35. The van der Waals surface area contributed by atoms with Crippen molar-refractivity contribution in [3.05, 3.63) is 34.3 Å². The van der Waals surface area contributed by atoms with Gasteiger partial charge in [0.05, 0.1) is 6.61 Å². The first-order valence-electron chi connectivity index (χ1n) is 5.24. The van der Waals surface area contributed by atoms with E-state index >= 15 is 0 Å². The van der Waals surface area contributed by atoms with E-state index in [1.165, 1.54) is 5.56 Å². The predicted octanol–water partition coefficient (Wildman–Crippen LogP) is 2.66. The smallest absolute Gasteiger partial charge is 0.0515 e. The van der Waals surface area contributed by atoms with Crippen molar-refractivity contribution in [3.63, 3.8) is 0 Å². The second-order valence-electron chi connectivity index (χ2n) is 4.32. The molecule has 0 amide bonds. The van der Waals surface area contributed by atoms with Gasteiger partial charge in [-0.2, -0.15) is 0 Å². The van der Waals surface area contributed by atoms with E-state index in [1.807, 2.05) is 18.2 Å². The van der Waals surface area contributed by atoms with Crippen molar-refractivity contribution in [1.29, 1.82) is 0 Å². The first-order valence-corrected chi connectivity index (χ1v) is 6.03. The summed E-state index contributed by atoms with van der Waals surface area (Å²) in [7, 11) is 0. The van der Waals surface area contributed by atoms with Crippen molar-refractivity contribution in [3.8, 4) is 0 Å². The summed E-state index contributed by atoms with van der Waals surface area (Å²) < 4.78 is 6.49. The molecular weight excluding hydrogens is 254 g/mol. The number of rotatable bonds is 2. The minimum absolute atomic E-state index is 0.309. The van der Waals surface area contributed by atoms with E-state index in [9.17, 15) is 0 Å². The van der Waals surface area contributed by atoms with E-state index in [1.54, 1.807) is 0 Å². The van der Waals surface area contributed by atoms with Gasteiger partial charge in [-0.15, -0.1) is 0 Å². The standard InChI is InChI=1S/C12H16BrNO/c1-12(14,9-6-7-15-8-9)10-4-2-3-5-11(10)13/h2-5,9H,6-8,14H2,1H3. The molecule has 1 saturated heterocycles. The summed E-state index contributed by atoms with van der Waals surface area (Å²) in [4.78, 5) is 0. The second kappa shape index (κ2) is 4.24. The molecule has 0 saturated carbocycles. The van der Waals surface area contributed by atoms with E-state index < -0.39 is 0 Å². The number of benzene rings is 1. The Morgan fingerprint density at radius 2 is 2.20 bits per heavy atom. The molecule has 0 bridgehead atoms. The fourth-order valence-electron chi connectivity index (χ4n) is 2.13. The van der Waals surface area contributed by atoms with Crippen LogP contribution >= 0.6 is 15.9 Å². The van der Waals surface area contributed by atoms with E-state index in [4.69, 9.17) is 10.5 Å². The van der Waals surface area contributed by atoms with Crippen LogP contribution in [0.3, 0.4) is 0 Å². The maximum absolute atomic E-state index is 6.43. The monoisotopic (exact) mass is 269 g/mol. The predicted molar refractivity (Wildman–Crippen MR) is 64.6 cm³/mol. The Hall–Kier alpha value is -0.380. The zero-order valence-electron chi connectivity index (χ0n) is 8.87. The Kier molecular flexibility index (Phi) is 3.14. The third kappa shape index (κ3) is 2.10. The molecule has 15 heavy (non-hydrogen) atoms. The lowest BCUT2D eigenvalue weighted by atomic mass is 9.80. The highest BCUT2D eigenvalue weighted by atomic mass is 79.9. The third-order valence-electron chi connectivity index (χ3n) is 3.23. The highest BCUT2D eigenvalue weighted by Gasteiger charge is 2.35. The fourth-order valence-corrected chi connectivity index (χ4v) is 2.84. The van der Waals surface area contributed by atoms with E-state index in [0.717, 1.165) is 24.1 Å². The van der Waals surface area contributed by atoms with Crippen molar-refractivity contribution in [1.82, 2.24) is 0 Å². The van der Waals surface area contributed by atoms with Gasteiger partial charge in [-0.1, -0.05) is 34.1 Å². The van der Waals surface area contributed by atoms with Crippen molar-refractivity contribution in [2.75, 3.05) is 13.2 Å². The SMILES string of the molecule is CC(N)(c1ccccc1Br)C1CCOC1. The van der Waals surface area contributed by atoms with Crippen molar-refractivity contribution in [2.24, 2.45) is 11.7 Å². The molecule has 3 heteroatoms. The zero-order valence-corrected chi connectivity index (χ0v) is 10.5. The van der Waals surface area contributed by atoms with Crippen LogP contribution in [0, 0.1) is 5.92 Å². The van der Waals surface area contributed by atoms with Crippen molar-refractivity contribution < 1.29 is 4.74 Å². The molecular formula is C12H16BrNO. The van der Waals surface area contributed by atoms with E-state index in [-0.39, 0.29) is 5.54 Å². The molecule has 82 valence electrons. The molecule has 1 aliphatic heterocycles. The Morgan fingerprint density at radius 1 is 1.47 bits per heavy atom. The number of nitrogens with two attached hydrogens (primary N) is 1. The third-order valence-corrected chi connectivity index (χ3v) is 3.92. The highest BCUT2D eigenvalue weighted by molar-refractivity contribution is 9.10. The Labute approximate surface area is 98.9 Å². The van der Waals surface area contributed by atoms with Gasteiger partial charge in [0.25, 0.3) is 0 Å². The molecule has 0 aromatic heterocycles. The van der Waals surface area contributed by atoms with Crippen molar-refractivity contribution in [2.45, 2.75) is 18.9 Å². The molecule has 0 radical (unpaired) electrons. The maximum Gasteiger partial charge on any atom is 0.0515 e. The number of hydrogen-bond acceptors (Lipinski definition) is 2. The van der Waals surface area contributed by atoms with Crippen LogP contribution in [0.25, 0.3) is 0 Å². The van der Waals surface area contributed by atoms with Gasteiger partial charge in [0, 0.05) is 22.5 Å². The Bertz CT molecular complexity index is 345. The number of halogens is 1. The topological polar surface area (TPSA) is 35.2 Å². The van der Waals surface area contributed by atoms with Gasteiger partial charge >= 0.3 is 0 Å². The average molecular weight is 270 g/mol. The van der Waals surface area contributed by atoms with Gasteiger partial charge in [-0.3, -0.25) is 0 Å². The molecule has 1 fully saturated rings. The zero-order chi connectivity index (χ0) is 10.9. The van der Waals surface area contributed by atoms with E-state index in [0.29, 0.717) is 5.92 Å². The van der Waals surface area contributed by atoms with Crippen LogP contribution in [0.2, 0.25) is 0 Å². The Morgan fingerprint density at radius 3 is 2.80 bits per heavy atom. The first-order chi connectivity index (χ1) is 7.12.